The van der Waals surface area contributed by atoms with E-state index in [-0.39, 0.29) is 18.0 Å². The molecule has 0 saturated carbocycles. The summed E-state index contributed by atoms with van der Waals surface area (Å²) in [6, 6.07) is 15.6. The summed E-state index contributed by atoms with van der Waals surface area (Å²) in [6.07, 6.45) is 2.96. The van der Waals surface area contributed by atoms with Gasteiger partial charge in [0.2, 0.25) is 0 Å². The molecule has 0 bridgehead atoms. The second-order valence-electron chi connectivity index (χ2n) is 10.4. The van der Waals surface area contributed by atoms with Gasteiger partial charge in [-0.25, -0.2) is 14.6 Å². The molecule has 1 atom stereocenters. The number of hydrogen-bond acceptors (Lipinski definition) is 6. The Hall–Kier alpha value is -3.41. The molecule has 198 valence electrons. The number of aliphatic imine (C=N–C) groups is 1. The van der Waals surface area contributed by atoms with Gasteiger partial charge in [-0.15, -0.1) is 0 Å². The fourth-order valence-corrected chi connectivity index (χ4v) is 4.52. The lowest BCUT2D eigenvalue weighted by Crippen LogP contribution is -2.44. The Morgan fingerprint density at radius 2 is 1.68 bits per heavy atom. The van der Waals surface area contributed by atoms with Gasteiger partial charge in [-0.3, -0.25) is 0 Å². The summed E-state index contributed by atoms with van der Waals surface area (Å²) in [5, 5.41) is 0. The highest BCUT2D eigenvalue weighted by Crippen LogP contribution is 2.29. The van der Waals surface area contributed by atoms with Gasteiger partial charge in [0, 0.05) is 13.0 Å². The molecular weight excluding hydrogens is 464 g/mol. The number of rotatable bonds is 9. The van der Waals surface area contributed by atoms with Crippen molar-refractivity contribution in [2.24, 2.45) is 4.99 Å². The zero-order valence-electron chi connectivity index (χ0n) is 23.3. The predicted octanol–water partition coefficient (Wildman–Crippen LogP) is 6.94. The third-order valence-electron chi connectivity index (χ3n) is 6.32. The first-order valence-electron chi connectivity index (χ1n) is 13.2. The molecular formula is C31H40N2O4. The molecule has 0 spiro atoms. The summed E-state index contributed by atoms with van der Waals surface area (Å²) in [5.74, 6) is 0.365. The standard InChI is InChI=1S/C31H40N2O4/c1-8-10-15-27-32-21(3)28(30(35)36-9-2)22(4)33(27)20-23-16-18-24(19-17-23)25-13-11-12-14-26(25)29(34)37-31(5,6)7/h11-14,16-19,22H,8-10,15,20H2,1-7H3. The zero-order valence-corrected chi connectivity index (χ0v) is 23.3. The first-order valence-corrected chi connectivity index (χ1v) is 13.2. The number of amidine groups is 1. The largest absolute Gasteiger partial charge is 0.463 e. The molecule has 1 aliphatic rings. The summed E-state index contributed by atoms with van der Waals surface area (Å²) < 4.78 is 11.0. The van der Waals surface area contributed by atoms with Crippen LogP contribution in [0.25, 0.3) is 11.1 Å². The summed E-state index contributed by atoms with van der Waals surface area (Å²) in [5.41, 5.74) is 4.21. The maximum absolute atomic E-state index is 12.8. The van der Waals surface area contributed by atoms with Crippen LogP contribution in [0.4, 0.5) is 0 Å². The SMILES string of the molecule is CCCCC1=NC(C)=C(C(=O)OCC)C(C)N1Cc1ccc(-c2ccccc2C(=O)OC(C)(C)C)cc1. The van der Waals surface area contributed by atoms with Crippen molar-refractivity contribution in [1.82, 2.24) is 4.90 Å². The van der Waals surface area contributed by atoms with Crippen molar-refractivity contribution in [3.05, 3.63) is 70.9 Å². The van der Waals surface area contributed by atoms with Gasteiger partial charge in [-0.05, 0) is 70.7 Å². The van der Waals surface area contributed by atoms with Crippen molar-refractivity contribution in [2.45, 2.75) is 85.9 Å². The van der Waals surface area contributed by atoms with Crippen LogP contribution in [0.15, 0.2) is 64.8 Å². The Labute approximate surface area is 221 Å². The van der Waals surface area contributed by atoms with E-state index in [2.05, 4.69) is 24.0 Å². The van der Waals surface area contributed by atoms with Crippen molar-refractivity contribution in [2.75, 3.05) is 6.61 Å². The average molecular weight is 505 g/mol. The molecule has 1 unspecified atom stereocenters. The maximum Gasteiger partial charge on any atom is 0.339 e. The summed E-state index contributed by atoms with van der Waals surface area (Å²) >= 11 is 0. The second kappa shape index (κ2) is 12.2. The first-order chi connectivity index (χ1) is 17.6. The highest BCUT2D eigenvalue weighted by atomic mass is 16.6. The van der Waals surface area contributed by atoms with Crippen molar-refractivity contribution in [1.29, 1.82) is 0 Å². The number of hydrogen-bond donors (Lipinski definition) is 0. The molecule has 6 heteroatoms. The minimum Gasteiger partial charge on any atom is -0.463 e. The van der Waals surface area contributed by atoms with Crippen molar-refractivity contribution in [3.8, 4) is 11.1 Å². The number of unbranched alkanes of at least 4 members (excludes halogenated alkanes) is 1. The van der Waals surface area contributed by atoms with Gasteiger partial charge in [0.25, 0.3) is 0 Å². The van der Waals surface area contributed by atoms with Crippen LogP contribution in [-0.2, 0) is 20.8 Å². The lowest BCUT2D eigenvalue weighted by atomic mass is 9.97. The van der Waals surface area contributed by atoms with Crippen LogP contribution in [-0.4, -0.2) is 40.9 Å². The molecule has 0 aromatic heterocycles. The van der Waals surface area contributed by atoms with Crippen LogP contribution < -0.4 is 0 Å². The number of ether oxygens (including phenoxy) is 2. The van der Waals surface area contributed by atoms with E-state index in [4.69, 9.17) is 14.5 Å². The van der Waals surface area contributed by atoms with E-state index >= 15 is 0 Å². The third-order valence-corrected chi connectivity index (χ3v) is 6.32. The highest BCUT2D eigenvalue weighted by molar-refractivity contribution is 5.97. The Bertz CT molecular complexity index is 1170. The number of nitrogens with zero attached hydrogens (tertiary/aromatic N) is 2. The summed E-state index contributed by atoms with van der Waals surface area (Å²) in [7, 11) is 0. The van der Waals surface area contributed by atoms with Crippen molar-refractivity contribution < 1.29 is 19.1 Å². The van der Waals surface area contributed by atoms with E-state index in [0.717, 1.165) is 47.5 Å². The topological polar surface area (TPSA) is 68.2 Å². The summed E-state index contributed by atoms with van der Waals surface area (Å²) in [6.45, 7) is 14.5. The molecule has 0 saturated heterocycles. The molecule has 0 amide bonds. The minimum absolute atomic E-state index is 0.143. The van der Waals surface area contributed by atoms with E-state index in [1.54, 1.807) is 6.07 Å². The lowest BCUT2D eigenvalue weighted by Gasteiger charge is -2.37. The molecule has 0 N–H and O–H groups in total. The van der Waals surface area contributed by atoms with Crippen LogP contribution in [0.5, 0.6) is 0 Å². The van der Waals surface area contributed by atoms with Crippen LogP contribution in [0, 0.1) is 0 Å². The van der Waals surface area contributed by atoms with Gasteiger partial charge in [0.05, 0.1) is 29.5 Å². The van der Waals surface area contributed by atoms with Crippen LogP contribution in [0.2, 0.25) is 0 Å². The predicted molar refractivity (Wildman–Crippen MR) is 148 cm³/mol. The molecule has 0 aliphatic carbocycles. The molecule has 37 heavy (non-hydrogen) atoms. The van der Waals surface area contributed by atoms with Crippen LogP contribution >= 0.6 is 0 Å². The van der Waals surface area contributed by atoms with Gasteiger partial charge >= 0.3 is 11.9 Å². The number of carbonyl (C=O) groups is 2. The van der Waals surface area contributed by atoms with Gasteiger partial charge in [0.15, 0.2) is 0 Å². The van der Waals surface area contributed by atoms with Crippen molar-refractivity contribution >= 4 is 17.8 Å². The first kappa shape index (κ1) is 28.2. The smallest absolute Gasteiger partial charge is 0.339 e. The average Bonchev–Trinajstić information content (AvgIpc) is 2.84. The van der Waals surface area contributed by atoms with Gasteiger partial charge in [-0.2, -0.15) is 0 Å². The van der Waals surface area contributed by atoms with Gasteiger partial charge < -0.3 is 14.4 Å². The number of esters is 2. The van der Waals surface area contributed by atoms with E-state index in [0.29, 0.717) is 24.3 Å². The molecule has 1 heterocycles. The Morgan fingerprint density at radius 1 is 1.00 bits per heavy atom. The summed E-state index contributed by atoms with van der Waals surface area (Å²) in [4.78, 5) is 32.6. The molecule has 3 rings (SSSR count). The number of carbonyl (C=O) groups excluding carboxylic acids is 2. The van der Waals surface area contributed by atoms with Crippen molar-refractivity contribution in [3.63, 3.8) is 0 Å². The molecule has 0 radical (unpaired) electrons. The van der Waals surface area contributed by atoms with E-state index < -0.39 is 5.60 Å². The number of allylic oxidation sites excluding steroid dienone is 1. The van der Waals surface area contributed by atoms with Gasteiger partial charge in [0.1, 0.15) is 11.4 Å². The van der Waals surface area contributed by atoms with E-state index in [9.17, 15) is 9.59 Å². The lowest BCUT2D eigenvalue weighted by molar-refractivity contribution is -0.139. The fourth-order valence-electron chi connectivity index (χ4n) is 4.52. The normalized spacial score (nSPS) is 15.9. The third kappa shape index (κ3) is 7.09. The molecule has 0 fully saturated rings. The Kier molecular flexibility index (Phi) is 9.30. The van der Waals surface area contributed by atoms with Gasteiger partial charge in [-0.1, -0.05) is 55.8 Å². The van der Waals surface area contributed by atoms with E-state index in [1.165, 1.54) is 0 Å². The zero-order chi connectivity index (χ0) is 27.2. The number of benzene rings is 2. The molecule has 2 aromatic rings. The van der Waals surface area contributed by atoms with E-state index in [1.807, 2.05) is 71.9 Å². The second-order valence-corrected chi connectivity index (χ2v) is 10.4. The maximum atomic E-state index is 12.8. The Balaban J connectivity index is 1.87. The fraction of sp³-hybridized carbons (Fsp3) is 0.452. The highest BCUT2D eigenvalue weighted by Gasteiger charge is 2.32. The molecule has 6 nitrogen and oxygen atoms in total. The molecule has 2 aromatic carbocycles. The Morgan fingerprint density at radius 3 is 2.30 bits per heavy atom. The monoisotopic (exact) mass is 504 g/mol. The van der Waals surface area contributed by atoms with Crippen LogP contribution in [0.1, 0.15) is 83.7 Å². The van der Waals surface area contributed by atoms with Crippen LogP contribution in [0.3, 0.4) is 0 Å². The minimum atomic E-state index is -0.564. The molecule has 1 aliphatic heterocycles. The quantitative estimate of drug-likeness (QED) is 0.346.